The molecule has 17 heavy (non-hydrogen) atoms. The number of rotatable bonds is 5. The van der Waals surface area contributed by atoms with Gasteiger partial charge in [-0.15, -0.1) is 0 Å². The van der Waals surface area contributed by atoms with Gasteiger partial charge >= 0.3 is 11.9 Å². The molecule has 96 valence electrons. The largest absolute Gasteiger partial charge is 0.469 e. The molecule has 7 heteroatoms. The van der Waals surface area contributed by atoms with E-state index in [1.165, 1.54) is 7.11 Å². The number of hydrogen-bond acceptors (Lipinski definition) is 6. The molecule has 0 aliphatic heterocycles. The maximum absolute atomic E-state index is 11.6. The highest BCUT2D eigenvalue weighted by molar-refractivity contribution is 6.70. The Morgan fingerprint density at radius 3 is 2.06 bits per heavy atom. The fraction of sp³-hybridized carbons (Fsp3) is 0.700. The molecule has 0 N–H and O–H groups in total. The van der Waals surface area contributed by atoms with Crippen molar-refractivity contribution in [3.63, 3.8) is 0 Å². The Morgan fingerprint density at radius 2 is 1.76 bits per heavy atom. The molecule has 0 spiro atoms. The van der Waals surface area contributed by atoms with Gasteiger partial charge in [-0.25, -0.2) is 4.79 Å². The van der Waals surface area contributed by atoms with Crippen LogP contribution in [0.5, 0.6) is 0 Å². The number of hydrogen-bond donors (Lipinski definition) is 0. The molecule has 0 aromatic carbocycles. The predicted molar refractivity (Wildman–Crippen MR) is 61.4 cm³/mol. The maximum atomic E-state index is 11.6. The van der Waals surface area contributed by atoms with Crippen LogP contribution in [0.15, 0.2) is 0 Å². The van der Waals surface area contributed by atoms with Crippen LogP contribution in [0.25, 0.3) is 0 Å². The van der Waals surface area contributed by atoms with Crippen molar-refractivity contribution >= 4 is 20.3 Å². The third-order valence-corrected chi connectivity index (χ3v) is 2.76. The van der Waals surface area contributed by atoms with E-state index >= 15 is 0 Å². The minimum absolute atomic E-state index is 0.475. The van der Waals surface area contributed by atoms with E-state index in [0.29, 0.717) is 0 Å². The number of esters is 2. The van der Waals surface area contributed by atoms with Gasteiger partial charge in [0.25, 0.3) is 5.60 Å². The molecule has 0 saturated heterocycles. The number of nitriles is 1. The van der Waals surface area contributed by atoms with Crippen molar-refractivity contribution in [1.29, 1.82) is 5.26 Å². The molecule has 0 fully saturated rings. The summed E-state index contributed by atoms with van der Waals surface area (Å²) in [5, 5.41) is 9.12. The molecular weight excluding hydrogens is 242 g/mol. The molecule has 0 aromatic rings. The lowest BCUT2D eigenvalue weighted by Gasteiger charge is -2.30. The van der Waals surface area contributed by atoms with Gasteiger partial charge in [-0.1, -0.05) is 0 Å². The van der Waals surface area contributed by atoms with Crippen molar-refractivity contribution < 1.29 is 23.5 Å². The van der Waals surface area contributed by atoms with Crippen molar-refractivity contribution in [3.05, 3.63) is 0 Å². The summed E-state index contributed by atoms with van der Waals surface area (Å²) in [6.07, 6.45) is -0.475. The highest BCUT2D eigenvalue weighted by Crippen LogP contribution is 2.23. The lowest BCUT2D eigenvalue weighted by Crippen LogP contribution is -2.49. The average molecular weight is 259 g/mol. The zero-order chi connectivity index (χ0) is 13.7. The lowest BCUT2D eigenvalue weighted by molar-refractivity contribution is -0.161. The molecule has 0 heterocycles. The molecule has 0 aliphatic carbocycles. The molecule has 1 atom stereocenters. The number of nitrogens with zero attached hydrogens (tertiary/aromatic N) is 1. The second-order valence-electron chi connectivity index (χ2n) is 4.40. The zero-order valence-electron chi connectivity index (χ0n) is 10.7. The van der Waals surface area contributed by atoms with Crippen molar-refractivity contribution in [1.82, 2.24) is 0 Å². The van der Waals surface area contributed by atoms with Crippen LogP contribution in [0.4, 0.5) is 0 Å². The van der Waals surface area contributed by atoms with E-state index in [4.69, 9.17) is 9.69 Å². The van der Waals surface area contributed by atoms with Gasteiger partial charge in [0.2, 0.25) is 0 Å². The molecule has 0 aliphatic rings. The van der Waals surface area contributed by atoms with E-state index in [-0.39, 0.29) is 0 Å². The van der Waals surface area contributed by atoms with Crippen LogP contribution in [0.1, 0.15) is 6.42 Å². The van der Waals surface area contributed by atoms with E-state index in [0.717, 1.165) is 7.11 Å². The van der Waals surface area contributed by atoms with E-state index in [9.17, 15) is 9.59 Å². The van der Waals surface area contributed by atoms with Gasteiger partial charge < -0.3 is 13.9 Å². The molecule has 0 bridgehead atoms. The molecule has 1 unspecified atom stereocenters. The Kier molecular flexibility index (Phi) is 5.32. The average Bonchev–Trinajstić information content (AvgIpc) is 2.24. The summed E-state index contributed by atoms with van der Waals surface area (Å²) >= 11 is 0. The third-order valence-electron chi connectivity index (χ3n) is 1.80. The standard InChI is InChI=1S/C10H17NO5Si/c1-14-8(12)6-10(7-11,9(13)15-2)16-17(3,4)5/h6H2,1-5H3. The Bertz CT molecular complexity index is 344. The Hall–Kier alpha value is -1.39. The summed E-state index contributed by atoms with van der Waals surface area (Å²) in [6.45, 7) is 5.41. The molecule has 0 amide bonds. The van der Waals surface area contributed by atoms with Crippen molar-refractivity contribution in [3.8, 4) is 6.07 Å². The second-order valence-corrected chi connectivity index (χ2v) is 8.83. The van der Waals surface area contributed by atoms with Crippen LogP contribution in [-0.4, -0.2) is 40.1 Å². The zero-order valence-corrected chi connectivity index (χ0v) is 11.7. The summed E-state index contributed by atoms with van der Waals surface area (Å²) in [7, 11) is 0.112. The second kappa shape index (κ2) is 5.79. The van der Waals surface area contributed by atoms with E-state index in [2.05, 4.69) is 9.47 Å². The van der Waals surface area contributed by atoms with Crippen LogP contribution < -0.4 is 0 Å². The quantitative estimate of drug-likeness (QED) is 0.537. The first-order valence-corrected chi connectivity index (χ1v) is 8.38. The van der Waals surface area contributed by atoms with Gasteiger partial charge in [0.15, 0.2) is 8.32 Å². The normalized spacial score (nSPS) is 14.4. The number of carbonyl (C=O) groups excluding carboxylic acids is 2. The monoisotopic (exact) mass is 259 g/mol. The van der Waals surface area contributed by atoms with Crippen molar-refractivity contribution in [2.75, 3.05) is 14.2 Å². The molecule has 0 aromatic heterocycles. The first kappa shape index (κ1) is 15.6. The minimum Gasteiger partial charge on any atom is -0.469 e. The summed E-state index contributed by atoms with van der Waals surface area (Å²) in [4.78, 5) is 22.9. The van der Waals surface area contributed by atoms with E-state index in [1.807, 2.05) is 0 Å². The van der Waals surface area contributed by atoms with Crippen LogP contribution in [0.2, 0.25) is 19.6 Å². The lowest BCUT2D eigenvalue weighted by atomic mass is 10.0. The van der Waals surface area contributed by atoms with Crippen molar-refractivity contribution in [2.45, 2.75) is 31.7 Å². The van der Waals surface area contributed by atoms with Gasteiger partial charge in [-0.3, -0.25) is 4.79 Å². The smallest absolute Gasteiger partial charge is 0.352 e. The Morgan fingerprint density at radius 1 is 1.24 bits per heavy atom. The Balaban J connectivity index is 5.25. The van der Waals surface area contributed by atoms with Gasteiger partial charge in [0.05, 0.1) is 20.6 Å². The fourth-order valence-corrected chi connectivity index (χ4v) is 2.47. The van der Waals surface area contributed by atoms with Gasteiger partial charge in [0.1, 0.15) is 6.07 Å². The summed E-state index contributed by atoms with van der Waals surface area (Å²) < 4.78 is 14.5. The number of carbonyl (C=O) groups is 2. The molecule has 0 radical (unpaired) electrons. The van der Waals surface area contributed by atoms with E-state index in [1.54, 1.807) is 25.7 Å². The molecule has 0 saturated carbocycles. The minimum atomic E-state index is -2.20. The van der Waals surface area contributed by atoms with Crippen LogP contribution >= 0.6 is 0 Å². The number of ether oxygens (including phenoxy) is 2. The first-order chi connectivity index (χ1) is 7.70. The van der Waals surface area contributed by atoms with Gasteiger partial charge in [-0.2, -0.15) is 5.26 Å². The highest BCUT2D eigenvalue weighted by Gasteiger charge is 2.47. The molecule has 6 nitrogen and oxygen atoms in total. The SMILES string of the molecule is COC(=O)CC(C#N)(O[Si](C)(C)C)C(=O)OC. The van der Waals surface area contributed by atoms with E-state index < -0.39 is 32.3 Å². The van der Waals surface area contributed by atoms with Gasteiger partial charge in [0, 0.05) is 0 Å². The Labute approximate surface area is 102 Å². The van der Waals surface area contributed by atoms with Crippen LogP contribution in [-0.2, 0) is 23.5 Å². The summed E-state index contributed by atoms with van der Waals surface area (Å²) in [6, 6.07) is 1.73. The highest BCUT2D eigenvalue weighted by atomic mass is 28.4. The first-order valence-electron chi connectivity index (χ1n) is 4.97. The predicted octanol–water partition coefficient (Wildman–Crippen LogP) is 0.836. The van der Waals surface area contributed by atoms with Crippen LogP contribution in [0.3, 0.4) is 0 Å². The van der Waals surface area contributed by atoms with Crippen molar-refractivity contribution in [2.24, 2.45) is 0 Å². The topological polar surface area (TPSA) is 85.6 Å². The van der Waals surface area contributed by atoms with Crippen LogP contribution in [0, 0.1) is 11.3 Å². The fourth-order valence-electron chi connectivity index (χ4n) is 1.22. The summed E-state index contributed by atoms with van der Waals surface area (Å²) in [5.74, 6) is -1.58. The maximum Gasteiger partial charge on any atom is 0.352 e. The molecule has 0 rings (SSSR count). The molecular formula is C10H17NO5Si. The summed E-state index contributed by atoms with van der Waals surface area (Å²) in [5.41, 5.74) is -1.91. The third kappa shape index (κ3) is 4.54. The van der Waals surface area contributed by atoms with Gasteiger partial charge in [-0.05, 0) is 19.6 Å². The number of methoxy groups -OCH3 is 2.